The van der Waals surface area contributed by atoms with Crippen molar-refractivity contribution in [2.24, 2.45) is 0 Å². The number of anilines is 1. The van der Waals surface area contributed by atoms with Crippen LogP contribution in [0.1, 0.15) is 24.2 Å². The van der Waals surface area contributed by atoms with E-state index in [2.05, 4.69) is 5.32 Å². The van der Waals surface area contributed by atoms with Gasteiger partial charge in [-0.2, -0.15) is 4.31 Å². The van der Waals surface area contributed by atoms with Crippen molar-refractivity contribution in [1.29, 1.82) is 0 Å². The number of nitrogens with one attached hydrogen (secondary N) is 1. The topological polar surface area (TPSA) is 105 Å². The Labute approximate surface area is 194 Å². The number of nitrogens with zero attached hydrogens (tertiary/aromatic N) is 2. The highest BCUT2D eigenvalue weighted by molar-refractivity contribution is 7.89. The van der Waals surface area contributed by atoms with Crippen LogP contribution in [0, 0.1) is 0 Å². The van der Waals surface area contributed by atoms with Gasteiger partial charge in [0.25, 0.3) is 11.8 Å². The SMILES string of the molecule is CC1CN(S(=O)(=O)c2cccc(C(=O)Nc3ccc(OCC(=O)N(C)C)cc3)c2)CC(C)O1. The van der Waals surface area contributed by atoms with Crippen LogP contribution in [0.5, 0.6) is 5.75 Å². The fourth-order valence-corrected chi connectivity index (χ4v) is 5.02. The molecule has 3 rings (SSSR count). The Balaban J connectivity index is 1.68. The van der Waals surface area contributed by atoms with Crippen LogP contribution in [0.25, 0.3) is 0 Å². The molecular weight excluding hydrogens is 446 g/mol. The van der Waals surface area contributed by atoms with Crippen LogP contribution in [0.4, 0.5) is 5.69 Å². The van der Waals surface area contributed by atoms with Gasteiger partial charge >= 0.3 is 0 Å². The molecule has 1 N–H and O–H groups in total. The molecule has 1 heterocycles. The van der Waals surface area contributed by atoms with E-state index >= 15 is 0 Å². The fraction of sp³-hybridized carbons (Fsp3) is 0.391. The van der Waals surface area contributed by atoms with Crippen LogP contribution < -0.4 is 10.1 Å². The number of morpholine rings is 1. The first-order valence-corrected chi connectivity index (χ1v) is 12.0. The molecule has 0 aromatic heterocycles. The molecule has 2 atom stereocenters. The lowest BCUT2D eigenvalue weighted by molar-refractivity contribution is -0.130. The molecule has 2 aromatic rings. The summed E-state index contributed by atoms with van der Waals surface area (Å²) >= 11 is 0. The molecule has 0 radical (unpaired) electrons. The Morgan fingerprint density at radius 1 is 1.09 bits per heavy atom. The number of carbonyl (C=O) groups is 2. The Morgan fingerprint density at radius 2 is 1.73 bits per heavy atom. The van der Waals surface area contributed by atoms with Crippen molar-refractivity contribution in [3.63, 3.8) is 0 Å². The molecule has 2 amide bonds. The lowest BCUT2D eigenvalue weighted by Crippen LogP contribution is -2.48. The summed E-state index contributed by atoms with van der Waals surface area (Å²) in [7, 11) is -0.465. The van der Waals surface area contributed by atoms with Gasteiger partial charge in [-0.1, -0.05) is 6.07 Å². The number of rotatable bonds is 7. The molecule has 0 bridgehead atoms. The molecule has 9 nitrogen and oxygen atoms in total. The minimum absolute atomic E-state index is 0.0609. The van der Waals surface area contributed by atoms with Crippen LogP contribution in [0.15, 0.2) is 53.4 Å². The summed E-state index contributed by atoms with van der Waals surface area (Å²) in [5.74, 6) is -0.110. The maximum atomic E-state index is 13.1. The van der Waals surface area contributed by atoms with Crippen LogP contribution in [-0.2, 0) is 19.6 Å². The summed E-state index contributed by atoms with van der Waals surface area (Å²) in [6.45, 7) is 4.10. The summed E-state index contributed by atoms with van der Waals surface area (Å²) in [6, 6.07) is 12.5. The Kier molecular flexibility index (Phi) is 7.72. The van der Waals surface area contributed by atoms with Crippen molar-refractivity contribution in [2.75, 3.05) is 39.1 Å². The predicted molar refractivity (Wildman–Crippen MR) is 124 cm³/mol. The van der Waals surface area contributed by atoms with E-state index in [0.717, 1.165) is 0 Å². The number of likely N-dealkylation sites (N-methyl/N-ethyl adjacent to an activating group) is 1. The average Bonchev–Trinajstić information content (AvgIpc) is 2.77. The zero-order chi connectivity index (χ0) is 24.2. The summed E-state index contributed by atoms with van der Waals surface area (Å²) in [5, 5.41) is 2.74. The van der Waals surface area contributed by atoms with Gasteiger partial charge < -0.3 is 19.7 Å². The van der Waals surface area contributed by atoms with Crippen LogP contribution in [0.2, 0.25) is 0 Å². The van der Waals surface area contributed by atoms with Crippen molar-refractivity contribution < 1.29 is 27.5 Å². The maximum absolute atomic E-state index is 13.1. The number of sulfonamides is 1. The van der Waals surface area contributed by atoms with Gasteiger partial charge in [0, 0.05) is 38.4 Å². The summed E-state index contributed by atoms with van der Waals surface area (Å²) in [6.07, 6.45) is -0.411. The van der Waals surface area contributed by atoms with Gasteiger partial charge in [-0.25, -0.2) is 8.42 Å². The summed E-state index contributed by atoms with van der Waals surface area (Å²) < 4.78 is 38.6. The number of amides is 2. The molecule has 33 heavy (non-hydrogen) atoms. The number of hydrogen-bond acceptors (Lipinski definition) is 6. The lowest BCUT2D eigenvalue weighted by Gasteiger charge is -2.34. The van der Waals surface area contributed by atoms with E-state index in [0.29, 0.717) is 11.4 Å². The zero-order valence-electron chi connectivity index (χ0n) is 19.1. The van der Waals surface area contributed by atoms with Crippen molar-refractivity contribution in [3.8, 4) is 5.75 Å². The Bertz CT molecular complexity index is 1090. The third-order valence-corrected chi connectivity index (χ3v) is 6.92. The van der Waals surface area contributed by atoms with Gasteiger partial charge in [0.2, 0.25) is 10.0 Å². The van der Waals surface area contributed by atoms with Crippen molar-refractivity contribution in [3.05, 3.63) is 54.1 Å². The average molecular weight is 476 g/mol. The van der Waals surface area contributed by atoms with E-state index in [1.165, 1.54) is 21.3 Å². The van der Waals surface area contributed by atoms with Gasteiger partial charge in [-0.3, -0.25) is 9.59 Å². The third-order valence-electron chi connectivity index (χ3n) is 5.09. The van der Waals surface area contributed by atoms with Crippen molar-refractivity contribution >= 4 is 27.5 Å². The first kappa shape index (κ1) is 24.7. The molecule has 10 heteroatoms. The second kappa shape index (κ2) is 10.3. The molecule has 0 saturated carbocycles. The zero-order valence-corrected chi connectivity index (χ0v) is 20.0. The van der Waals surface area contributed by atoms with E-state index in [-0.39, 0.29) is 48.3 Å². The quantitative estimate of drug-likeness (QED) is 0.658. The van der Waals surface area contributed by atoms with Gasteiger partial charge in [0.05, 0.1) is 17.1 Å². The van der Waals surface area contributed by atoms with Gasteiger partial charge in [-0.05, 0) is 56.3 Å². The second-order valence-corrected chi connectivity index (χ2v) is 10.1. The molecule has 0 spiro atoms. The van der Waals surface area contributed by atoms with E-state index < -0.39 is 15.9 Å². The van der Waals surface area contributed by atoms with Crippen LogP contribution in [-0.4, -0.2) is 75.4 Å². The first-order valence-electron chi connectivity index (χ1n) is 10.6. The minimum atomic E-state index is -3.76. The molecule has 2 aromatic carbocycles. The van der Waals surface area contributed by atoms with E-state index in [1.807, 2.05) is 13.8 Å². The molecular formula is C23H29N3O6S. The molecule has 1 saturated heterocycles. The first-order chi connectivity index (χ1) is 15.6. The minimum Gasteiger partial charge on any atom is -0.484 e. The Morgan fingerprint density at radius 3 is 2.33 bits per heavy atom. The molecule has 1 fully saturated rings. The van der Waals surface area contributed by atoms with E-state index in [9.17, 15) is 18.0 Å². The van der Waals surface area contributed by atoms with E-state index in [4.69, 9.17) is 9.47 Å². The maximum Gasteiger partial charge on any atom is 0.259 e. The van der Waals surface area contributed by atoms with E-state index in [1.54, 1.807) is 50.5 Å². The second-order valence-electron chi connectivity index (χ2n) is 8.16. The van der Waals surface area contributed by atoms with Crippen LogP contribution >= 0.6 is 0 Å². The number of ether oxygens (including phenoxy) is 2. The molecule has 178 valence electrons. The fourth-order valence-electron chi connectivity index (χ4n) is 3.39. The van der Waals surface area contributed by atoms with Crippen molar-refractivity contribution in [2.45, 2.75) is 31.0 Å². The summed E-state index contributed by atoms with van der Waals surface area (Å²) in [5.41, 5.74) is 0.734. The lowest BCUT2D eigenvalue weighted by atomic mass is 10.2. The molecule has 2 unspecified atom stereocenters. The van der Waals surface area contributed by atoms with Crippen molar-refractivity contribution in [1.82, 2.24) is 9.21 Å². The Hall–Kier alpha value is -2.95. The highest BCUT2D eigenvalue weighted by Crippen LogP contribution is 2.23. The predicted octanol–water partition coefficient (Wildman–Crippen LogP) is 2.20. The number of hydrogen-bond donors (Lipinski definition) is 1. The number of benzene rings is 2. The summed E-state index contributed by atoms with van der Waals surface area (Å²) in [4.78, 5) is 25.8. The highest BCUT2D eigenvalue weighted by Gasteiger charge is 2.32. The highest BCUT2D eigenvalue weighted by atomic mass is 32.2. The molecule has 1 aliphatic heterocycles. The standard InChI is InChI=1S/C23H29N3O6S/c1-16-13-26(14-17(2)32-16)33(29,30)21-7-5-6-18(12-21)23(28)24-19-8-10-20(11-9-19)31-15-22(27)25(3)4/h5-12,16-17H,13-15H2,1-4H3,(H,24,28). The normalized spacial score (nSPS) is 19.0. The van der Waals surface area contributed by atoms with Gasteiger partial charge in [0.15, 0.2) is 6.61 Å². The monoisotopic (exact) mass is 475 g/mol. The molecule has 1 aliphatic rings. The molecule has 0 aliphatic carbocycles. The van der Waals surface area contributed by atoms with Gasteiger partial charge in [0.1, 0.15) is 5.75 Å². The van der Waals surface area contributed by atoms with Gasteiger partial charge in [-0.15, -0.1) is 0 Å². The van der Waals surface area contributed by atoms with Crippen LogP contribution in [0.3, 0.4) is 0 Å². The smallest absolute Gasteiger partial charge is 0.259 e. The number of carbonyl (C=O) groups excluding carboxylic acids is 2. The third kappa shape index (κ3) is 6.31. The largest absolute Gasteiger partial charge is 0.484 e.